The lowest BCUT2D eigenvalue weighted by atomic mass is 10.0. The molecule has 1 rings (SSSR count). The van der Waals surface area contributed by atoms with Crippen molar-refractivity contribution >= 4 is 12.6 Å². The van der Waals surface area contributed by atoms with Crippen molar-refractivity contribution in [2.45, 2.75) is 40.0 Å². The standard InChI is InChI=1S/C15H24OS/c1-5-13(10-17)9-16-15-8-14(11(2)3)7-6-12(15)4/h6-8,11,13,17H,5,9-10H2,1-4H3. The van der Waals surface area contributed by atoms with Crippen LogP contribution in [0.3, 0.4) is 0 Å². The van der Waals surface area contributed by atoms with E-state index in [0.29, 0.717) is 11.8 Å². The SMILES string of the molecule is CCC(CS)COc1cc(C(C)C)ccc1C. The van der Waals surface area contributed by atoms with E-state index in [1.165, 1.54) is 11.1 Å². The zero-order chi connectivity index (χ0) is 12.8. The Hall–Kier alpha value is -0.630. The molecule has 2 heteroatoms. The average molecular weight is 252 g/mol. The maximum atomic E-state index is 5.92. The Morgan fingerprint density at radius 3 is 2.53 bits per heavy atom. The van der Waals surface area contributed by atoms with Crippen molar-refractivity contribution in [3.63, 3.8) is 0 Å². The lowest BCUT2D eigenvalue weighted by Crippen LogP contribution is -2.13. The van der Waals surface area contributed by atoms with Crippen LogP contribution in [-0.2, 0) is 0 Å². The Kier molecular flexibility index (Phi) is 5.90. The minimum Gasteiger partial charge on any atom is -0.493 e. The van der Waals surface area contributed by atoms with E-state index in [2.05, 4.69) is 58.5 Å². The Bertz CT molecular complexity index is 343. The number of thiol groups is 1. The lowest BCUT2D eigenvalue weighted by Gasteiger charge is -2.16. The zero-order valence-electron chi connectivity index (χ0n) is 11.4. The van der Waals surface area contributed by atoms with E-state index >= 15 is 0 Å². The Labute approximate surface area is 111 Å². The van der Waals surface area contributed by atoms with Crippen molar-refractivity contribution in [2.24, 2.45) is 5.92 Å². The third-order valence-corrected chi connectivity index (χ3v) is 3.71. The van der Waals surface area contributed by atoms with Gasteiger partial charge in [-0.3, -0.25) is 0 Å². The highest BCUT2D eigenvalue weighted by Crippen LogP contribution is 2.25. The van der Waals surface area contributed by atoms with Crippen LogP contribution < -0.4 is 4.74 Å². The summed E-state index contributed by atoms with van der Waals surface area (Å²) in [5.41, 5.74) is 2.55. The maximum Gasteiger partial charge on any atom is 0.122 e. The molecule has 1 unspecified atom stereocenters. The van der Waals surface area contributed by atoms with Gasteiger partial charge in [0.2, 0.25) is 0 Å². The molecule has 0 bridgehead atoms. The third-order valence-electron chi connectivity index (χ3n) is 3.19. The van der Waals surface area contributed by atoms with Crippen molar-refractivity contribution in [3.05, 3.63) is 29.3 Å². The first-order chi connectivity index (χ1) is 8.08. The molecule has 0 amide bonds. The minimum atomic E-state index is 0.542. The first-order valence-corrected chi connectivity index (χ1v) is 7.05. The Morgan fingerprint density at radius 1 is 1.29 bits per heavy atom. The molecule has 0 saturated carbocycles. The highest BCUT2D eigenvalue weighted by Gasteiger charge is 2.08. The topological polar surface area (TPSA) is 9.23 Å². The highest BCUT2D eigenvalue weighted by atomic mass is 32.1. The fraction of sp³-hybridized carbons (Fsp3) is 0.600. The number of hydrogen-bond donors (Lipinski definition) is 1. The number of rotatable bonds is 6. The van der Waals surface area contributed by atoms with Crippen LogP contribution in [0.5, 0.6) is 5.75 Å². The second-order valence-electron chi connectivity index (χ2n) is 4.95. The summed E-state index contributed by atoms with van der Waals surface area (Å²) < 4.78 is 5.92. The van der Waals surface area contributed by atoms with E-state index in [1.54, 1.807) is 0 Å². The van der Waals surface area contributed by atoms with Crippen molar-refractivity contribution in [2.75, 3.05) is 12.4 Å². The molecule has 1 aromatic rings. The van der Waals surface area contributed by atoms with Gasteiger partial charge in [-0.2, -0.15) is 12.6 Å². The zero-order valence-corrected chi connectivity index (χ0v) is 12.3. The van der Waals surface area contributed by atoms with Gasteiger partial charge in [0.15, 0.2) is 0 Å². The van der Waals surface area contributed by atoms with Gasteiger partial charge in [0, 0.05) is 5.92 Å². The molecule has 0 heterocycles. The number of hydrogen-bond acceptors (Lipinski definition) is 2. The van der Waals surface area contributed by atoms with Crippen LogP contribution >= 0.6 is 12.6 Å². The minimum absolute atomic E-state index is 0.542. The predicted molar refractivity (Wildman–Crippen MR) is 78.4 cm³/mol. The molecule has 0 aliphatic carbocycles. The number of benzene rings is 1. The maximum absolute atomic E-state index is 5.92. The van der Waals surface area contributed by atoms with Gasteiger partial charge < -0.3 is 4.74 Å². The lowest BCUT2D eigenvalue weighted by molar-refractivity contribution is 0.258. The summed E-state index contributed by atoms with van der Waals surface area (Å²) in [4.78, 5) is 0. The predicted octanol–water partition coefficient (Wildman–Crippen LogP) is 4.45. The van der Waals surface area contributed by atoms with E-state index in [1.807, 2.05) is 0 Å². The van der Waals surface area contributed by atoms with Gasteiger partial charge >= 0.3 is 0 Å². The number of ether oxygens (including phenoxy) is 1. The quantitative estimate of drug-likeness (QED) is 0.736. The van der Waals surface area contributed by atoms with Crippen LogP contribution in [0.2, 0.25) is 0 Å². The van der Waals surface area contributed by atoms with Crippen molar-refractivity contribution < 1.29 is 4.74 Å². The Morgan fingerprint density at radius 2 is 2.00 bits per heavy atom. The second-order valence-corrected chi connectivity index (χ2v) is 5.31. The van der Waals surface area contributed by atoms with E-state index in [0.717, 1.165) is 24.5 Å². The molecule has 0 aromatic heterocycles. The molecule has 0 fully saturated rings. The van der Waals surface area contributed by atoms with Crippen LogP contribution in [0.4, 0.5) is 0 Å². The highest BCUT2D eigenvalue weighted by molar-refractivity contribution is 7.80. The average Bonchev–Trinajstić information content (AvgIpc) is 2.32. The molecule has 0 saturated heterocycles. The molecule has 1 atom stereocenters. The molecule has 0 aliphatic rings. The van der Waals surface area contributed by atoms with E-state index in [-0.39, 0.29) is 0 Å². The van der Waals surface area contributed by atoms with Gasteiger partial charge in [0.05, 0.1) is 6.61 Å². The van der Waals surface area contributed by atoms with Crippen LogP contribution in [0.15, 0.2) is 18.2 Å². The first kappa shape index (κ1) is 14.4. The summed E-state index contributed by atoms with van der Waals surface area (Å²) in [6.07, 6.45) is 1.12. The largest absolute Gasteiger partial charge is 0.493 e. The summed E-state index contributed by atoms with van der Waals surface area (Å²) in [6, 6.07) is 6.50. The molecule has 0 N–H and O–H groups in total. The fourth-order valence-electron chi connectivity index (χ4n) is 1.64. The summed E-state index contributed by atoms with van der Waals surface area (Å²) in [5.74, 6) is 3.00. The van der Waals surface area contributed by atoms with Crippen LogP contribution in [0.1, 0.15) is 44.2 Å². The van der Waals surface area contributed by atoms with E-state index in [9.17, 15) is 0 Å². The molecular weight excluding hydrogens is 228 g/mol. The second kappa shape index (κ2) is 6.95. The van der Waals surface area contributed by atoms with Gasteiger partial charge in [-0.25, -0.2) is 0 Å². The van der Waals surface area contributed by atoms with Gasteiger partial charge in [-0.15, -0.1) is 0 Å². The van der Waals surface area contributed by atoms with E-state index < -0.39 is 0 Å². The number of aryl methyl sites for hydroxylation is 1. The summed E-state index contributed by atoms with van der Waals surface area (Å²) >= 11 is 4.34. The molecule has 0 aliphatic heterocycles. The molecular formula is C15H24OS. The normalized spacial score (nSPS) is 12.8. The van der Waals surface area contributed by atoms with Crippen LogP contribution in [0, 0.1) is 12.8 Å². The molecule has 0 radical (unpaired) electrons. The summed E-state index contributed by atoms with van der Waals surface area (Å²) in [5, 5.41) is 0. The summed E-state index contributed by atoms with van der Waals surface area (Å²) in [6.45, 7) is 9.46. The molecule has 17 heavy (non-hydrogen) atoms. The first-order valence-electron chi connectivity index (χ1n) is 6.42. The van der Waals surface area contributed by atoms with Crippen molar-refractivity contribution in [1.82, 2.24) is 0 Å². The van der Waals surface area contributed by atoms with Crippen molar-refractivity contribution in [3.8, 4) is 5.75 Å². The monoisotopic (exact) mass is 252 g/mol. The van der Waals surface area contributed by atoms with Crippen molar-refractivity contribution in [1.29, 1.82) is 0 Å². The van der Waals surface area contributed by atoms with Gasteiger partial charge in [-0.05, 0) is 42.2 Å². The van der Waals surface area contributed by atoms with Crippen LogP contribution in [0.25, 0.3) is 0 Å². The van der Waals surface area contributed by atoms with Gasteiger partial charge in [-0.1, -0.05) is 32.9 Å². The molecule has 1 aromatic carbocycles. The smallest absolute Gasteiger partial charge is 0.122 e. The van der Waals surface area contributed by atoms with Crippen LogP contribution in [-0.4, -0.2) is 12.4 Å². The molecule has 96 valence electrons. The molecule has 0 spiro atoms. The van der Waals surface area contributed by atoms with E-state index in [4.69, 9.17) is 4.74 Å². The molecule has 1 nitrogen and oxygen atoms in total. The fourth-order valence-corrected chi connectivity index (χ4v) is 2.00. The van der Waals surface area contributed by atoms with Gasteiger partial charge in [0.1, 0.15) is 5.75 Å². The third kappa shape index (κ3) is 4.27. The van der Waals surface area contributed by atoms with Gasteiger partial charge in [0.25, 0.3) is 0 Å². The Balaban J connectivity index is 2.72. The summed E-state index contributed by atoms with van der Waals surface area (Å²) in [7, 11) is 0.